The van der Waals surface area contributed by atoms with Crippen LogP contribution in [0.2, 0.25) is 0 Å². The number of sulfonamides is 2. The zero-order valence-corrected chi connectivity index (χ0v) is 15.8. The highest BCUT2D eigenvalue weighted by molar-refractivity contribution is 7.89. The van der Waals surface area contributed by atoms with Crippen molar-refractivity contribution in [2.24, 2.45) is 5.14 Å². The summed E-state index contributed by atoms with van der Waals surface area (Å²) >= 11 is 0. The molecule has 0 spiro atoms. The fourth-order valence-electron chi connectivity index (χ4n) is 2.17. The minimum absolute atomic E-state index is 0.0154. The maximum atomic E-state index is 12.6. The molecule has 7 nitrogen and oxygen atoms in total. The van der Waals surface area contributed by atoms with E-state index in [1.807, 2.05) is 0 Å². The van der Waals surface area contributed by atoms with Crippen molar-refractivity contribution in [3.63, 3.8) is 0 Å². The van der Waals surface area contributed by atoms with Gasteiger partial charge in [0.05, 0.1) is 9.79 Å². The topological polar surface area (TPSA) is 107 Å². The van der Waals surface area contributed by atoms with Gasteiger partial charge in [-0.15, -0.1) is 0 Å². The number of primary sulfonamides is 1. The Morgan fingerprint density at radius 2 is 1.54 bits per heavy atom. The monoisotopic (exact) mass is 396 g/mol. The molecular weight excluding hydrogens is 376 g/mol. The zero-order chi connectivity index (χ0) is 19.4. The Balaban J connectivity index is 2.14. The molecule has 0 bridgehead atoms. The number of nitrogens with two attached hydrogens (primary N) is 1. The number of hydrogen-bond donors (Lipinski definition) is 1. The lowest BCUT2D eigenvalue weighted by molar-refractivity contribution is 0.363. The van der Waals surface area contributed by atoms with Gasteiger partial charge in [0, 0.05) is 13.6 Å². The molecule has 0 aliphatic heterocycles. The van der Waals surface area contributed by atoms with Crippen LogP contribution in [0.5, 0.6) is 5.75 Å². The van der Waals surface area contributed by atoms with Gasteiger partial charge in [-0.2, -0.15) is 4.31 Å². The summed E-state index contributed by atoms with van der Waals surface area (Å²) in [6.45, 7) is 4.11. The Morgan fingerprint density at radius 1 is 1.00 bits per heavy atom. The van der Waals surface area contributed by atoms with Crippen LogP contribution in [0.3, 0.4) is 0 Å². The van der Waals surface area contributed by atoms with Gasteiger partial charge in [0.2, 0.25) is 20.0 Å². The van der Waals surface area contributed by atoms with E-state index in [4.69, 9.17) is 9.88 Å². The van der Waals surface area contributed by atoms with Crippen molar-refractivity contribution >= 4 is 20.0 Å². The summed E-state index contributed by atoms with van der Waals surface area (Å²) in [7, 11) is -6.19. The van der Waals surface area contributed by atoms with E-state index in [-0.39, 0.29) is 16.3 Å². The van der Waals surface area contributed by atoms with Gasteiger partial charge in [-0.25, -0.2) is 22.0 Å². The lowest BCUT2D eigenvalue weighted by Gasteiger charge is -2.17. The molecule has 2 rings (SSSR count). The second-order valence-corrected chi connectivity index (χ2v) is 9.13. The molecule has 0 aromatic heterocycles. The van der Waals surface area contributed by atoms with Crippen LogP contribution in [0, 0.1) is 0 Å². The van der Waals surface area contributed by atoms with Crippen LogP contribution in [-0.2, 0) is 26.6 Å². The van der Waals surface area contributed by atoms with Gasteiger partial charge in [-0.1, -0.05) is 24.8 Å². The maximum Gasteiger partial charge on any atom is 0.243 e. The number of benzene rings is 2. The summed E-state index contributed by atoms with van der Waals surface area (Å²) in [5.74, 6) is 0.665. The molecule has 2 N–H and O–H groups in total. The Hall–Kier alpha value is -2.20. The molecular formula is C17H20N2O5S2. The van der Waals surface area contributed by atoms with E-state index < -0.39 is 20.0 Å². The molecule has 0 heterocycles. The molecule has 0 aliphatic carbocycles. The fraction of sp³-hybridized carbons (Fsp3) is 0.176. The van der Waals surface area contributed by atoms with Gasteiger partial charge in [0.15, 0.2) is 0 Å². The third-order valence-electron chi connectivity index (χ3n) is 3.56. The summed E-state index contributed by atoms with van der Waals surface area (Å²) in [6, 6.07) is 11.8. The Morgan fingerprint density at radius 3 is 2.04 bits per heavy atom. The number of hydrogen-bond acceptors (Lipinski definition) is 5. The van der Waals surface area contributed by atoms with Crippen LogP contribution in [0.25, 0.3) is 0 Å². The minimum atomic E-state index is -3.87. The summed E-state index contributed by atoms with van der Waals surface area (Å²) < 4.78 is 54.3. The molecule has 0 unspecified atom stereocenters. The van der Waals surface area contributed by atoms with Crippen molar-refractivity contribution in [2.45, 2.75) is 16.3 Å². The van der Waals surface area contributed by atoms with Gasteiger partial charge < -0.3 is 4.74 Å². The minimum Gasteiger partial charge on any atom is -0.490 e. The SMILES string of the molecule is C=CCOc1ccc(CN(C)S(=O)(=O)c2ccc(S(N)(=O)=O)cc2)cc1. The van der Waals surface area contributed by atoms with Gasteiger partial charge in [-0.05, 0) is 42.0 Å². The first-order chi connectivity index (χ1) is 12.1. The van der Waals surface area contributed by atoms with Crippen LogP contribution in [-0.4, -0.2) is 34.8 Å². The predicted molar refractivity (Wildman–Crippen MR) is 98.6 cm³/mol. The quantitative estimate of drug-likeness (QED) is 0.684. The molecule has 2 aromatic rings. The van der Waals surface area contributed by atoms with Crippen molar-refractivity contribution in [3.05, 3.63) is 66.7 Å². The Kier molecular flexibility index (Phi) is 6.19. The molecule has 0 radical (unpaired) electrons. The molecule has 0 atom stereocenters. The second kappa shape index (κ2) is 8.00. The van der Waals surface area contributed by atoms with Gasteiger partial charge in [-0.3, -0.25) is 0 Å². The smallest absolute Gasteiger partial charge is 0.243 e. The average Bonchev–Trinajstić information content (AvgIpc) is 2.60. The van der Waals surface area contributed by atoms with E-state index in [1.54, 1.807) is 30.3 Å². The fourth-order valence-corrected chi connectivity index (χ4v) is 3.84. The average molecular weight is 396 g/mol. The lowest BCUT2D eigenvalue weighted by atomic mass is 10.2. The Bertz CT molecular complexity index is 967. The van der Waals surface area contributed by atoms with Gasteiger partial charge >= 0.3 is 0 Å². The summed E-state index contributed by atoms with van der Waals surface area (Å²) in [5, 5.41) is 5.02. The highest BCUT2D eigenvalue weighted by Crippen LogP contribution is 2.20. The van der Waals surface area contributed by atoms with E-state index in [9.17, 15) is 16.8 Å². The first kappa shape index (κ1) is 20.1. The van der Waals surface area contributed by atoms with Gasteiger partial charge in [0.1, 0.15) is 12.4 Å². The van der Waals surface area contributed by atoms with E-state index in [0.29, 0.717) is 12.4 Å². The highest BCUT2D eigenvalue weighted by atomic mass is 32.2. The van der Waals surface area contributed by atoms with E-state index in [2.05, 4.69) is 6.58 Å². The van der Waals surface area contributed by atoms with Crippen molar-refractivity contribution < 1.29 is 21.6 Å². The highest BCUT2D eigenvalue weighted by Gasteiger charge is 2.21. The first-order valence-corrected chi connectivity index (χ1v) is 10.5. The second-order valence-electron chi connectivity index (χ2n) is 5.52. The summed E-state index contributed by atoms with van der Waals surface area (Å²) in [6.07, 6.45) is 1.63. The lowest BCUT2D eigenvalue weighted by Crippen LogP contribution is -2.26. The van der Waals surface area contributed by atoms with Crippen molar-refractivity contribution in [2.75, 3.05) is 13.7 Å². The van der Waals surface area contributed by atoms with Gasteiger partial charge in [0.25, 0.3) is 0 Å². The number of rotatable bonds is 8. The van der Waals surface area contributed by atoms with Crippen molar-refractivity contribution in [3.8, 4) is 5.75 Å². The zero-order valence-electron chi connectivity index (χ0n) is 14.2. The third kappa shape index (κ3) is 4.92. The van der Waals surface area contributed by atoms with E-state index in [1.165, 1.54) is 35.6 Å². The van der Waals surface area contributed by atoms with Crippen LogP contribution >= 0.6 is 0 Å². The van der Waals surface area contributed by atoms with Crippen molar-refractivity contribution in [1.29, 1.82) is 0 Å². The van der Waals surface area contributed by atoms with Crippen LogP contribution in [0.15, 0.2) is 71.0 Å². The van der Waals surface area contributed by atoms with Crippen LogP contribution in [0.4, 0.5) is 0 Å². The standard InChI is InChI=1S/C17H20N2O5S2/c1-3-12-24-15-6-4-14(5-7-15)13-19(2)26(22,23)17-10-8-16(9-11-17)25(18,20)21/h3-11H,1,12-13H2,2H3,(H2,18,20,21). The van der Waals surface area contributed by atoms with E-state index in [0.717, 1.165) is 5.56 Å². The molecule has 140 valence electrons. The van der Waals surface area contributed by atoms with E-state index >= 15 is 0 Å². The molecule has 0 saturated heterocycles. The number of ether oxygens (including phenoxy) is 1. The first-order valence-electron chi connectivity index (χ1n) is 7.56. The predicted octanol–water partition coefficient (Wildman–Crippen LogP) is 1.72. The maximum absolute atomic E-state index is 12.6. The molecule has 0 amide bonds. The summed E-state index contributed by atoms with van der Waals surface area (Å²) in [4.78, 5) is -0.160. The van der Waals surface area contributed by atoms with Crippen LogP contribution in [0.1, 0.15) is 5.56 Å². The third-order valence-corrected chi connectivity index (χ3v) is 6.30. The molecule has 0 fully saturated rings. The Labute approximate surface area is 153 Å². The van der Waals surface area contributed by atoms with Crippen molar-refractivity contribution in [1.82, 2.24) is 4.31 Å². The largest absolute Gasteiger partial charge is 0.490 e. The summed E-state index contributed by atoms with van der Waals surface area (Å²) in [5.41, 5.74) is 0.781. The molecule has 26 heavy (non-hydrogen) atoms. The normalized spacial score (nSPS) is 12.1. The molecule has 0 aliphatic rings. The number of nitrogens with zero attached hydrogens (tertiary/aromatic N) is 1. The van der Waals surface area contributed by atoms with Crippen LogP contribution < -0.4 is 9.88 Å². The molecule has 9 heteroatoms. The molecule has 0 saturated carbocycles. The molecule has 2 aromatic carbocycles.